The van der Waals surface area contributed by atoms with Crippen LogP contribution in [0, 0.1) is 0 Å². The highest BCUT2D eigenvalue weighted by Crippen LogP contribution is 2.32. The van der Waals surface area contributed by atoms with Crippen molar-refractivity contribution in [1.29, 1.82) is 0 Å². The molecule has 1 unspecified atom stereocenters. The third-order valence-corrected chi connectivity index (χ3v) is 2.57. The lowest BCUT2D eigenvalue weighted by atomic mass is 9.83. The summed E-state index contributed by atoms with van der Waals surface area (Å²) in [7, 11) is 0. The van der Waals surface area contributed by atoms with Crippen LogP contribution in [-0.2, 0) is 4.74 Å². The van der Waals surface area contributed by atoms with Crippen LogP contribution in [0.5, 0.6) is 0 Å². The predicted octanol–water partition coefficient (Wildman–Crippen LogP) is -0.158. The van der Waals surface area contributed by atoms with Crippen LogP contribution in [0.1, 0.15) is 20.3 Å². The molecule has 0 spiro atoms. The Labute approximate surface area is 61.7 Å². The van der Waals surface area contributed by atoms with Crippen LogP contribution >= 0.6 is 0 Å². The quantitative estimate of drug-likeness (QED) is 0.537. The molecule has 1 fully saturated rings. The molecule has 0 amide bonds. The molecule has 1 aliphatic rings. The highest BCUT2D eigenvalue weighted by atomic mass is 16.5. The fourth-order valence-electron chi connectivity index (χ4n) is 1.28. The smallest absolute Gasteiger partial charge is 0.0818 e. The van der Waals surface area contributed by atoms with Gasteiger partial charge in [-0.2, -0.15) is 0 Å². The second-order valence-electron chi connectivity index (χ2n) is 3.47. The number of nitrogens with two attached hydrogens (primary N) is 2. The monoisotopic (exact) mass is 144 g/mol. The van der Waals surface area contributed by atoms with Gasteiger partial charge in [-0.05, 0) is 20.3 Å². The van der Waals surface area contributed by atoms with Crippen LogP contribution < -0.4 is 11.5 Å². The van der Waals surface area contributed by atoms with Gasteiger partial charge < -0.3 is 16.2 Å². The van der Waals surface area contributed by atoms with Gasteiger partial charge in [0.25, 0.3) is 0 Å². The minimum Gasteiger partial charge on any atom is -0.374 e. The summed E-state index contributed by atoms with van der Waals surface area (Å²) < 4.78 is 5.44. The molecule has 1 aliphatic heterocycles. The first kappa shape index (κ1) is 7.98. The average Bonchev–Trinajstić information content (AvgIpc) is 2.10. The van der Waals surface area contributed by atoms with Crippen molar-refractivity contribution >= 4 is 0 Å². The number of hydrogen-bond acceptors (Lipinski definition) is 3. The summed E-state index contributed by atoms with van der Waals surface area (Å²) in [5, 5.41) is 0. The standard InChI is InChI=1S/C7H16N2O/c1-6(2)7(9,5-8)3-4-10-6/h3-5,8-9H2,1-2H3. The summed E-state index contributed by atoms with van der Waals surface area (Å²) in [6.45, 7) is 5.22. The molecule has 0 aliphatic carbocycles. The van der Waals surface area contributed by atoms with E-state index in [0.717, 1.165) is 13.0 Å². The molecule has 0 radical (unpaired) electrons. The van der Waals surface area contributed by atoms with Gasteiger partial charge in [0.2, 0.25) is 0 Å². The highest BCUT2D eigenvalue weighted by Gasteiger charge is 2.46. The molecule has 0 aromatic rings. The highest BCUT2D eigenvalue weighted by molar-refractivity contribution is 5.04. The Hall–Kier alpha value is -0.120. The van der Waals surface area contributed by atoms with Gasteiger partial charge in [-0.15, -0.1) is 0 Å². The third-order valence-electron chi connectivity index (χ3n) is 2.57. The maximum Gasteiger partial charge on any atom is 0.0818 e. The molecule has 10 heavy (non-hydrogen) atoms. The molecule has 1 rings (SSSR count). The first-order valence-electron chi connectivity index (χ1n) is 3.65. The summed E-state index contributed by atoms with van der Waals surface area (Å²) in [5.41, 5.74) is 11.0. The average molecular weight is 144 g/mol. The maximum absolute atomic E-state index is 5.99. The molecule has 0 bridgehead atoms. The van der Waals surface area contributed by atoms with Gasteiger partial charge in [-0.25, -0.2) is 0 Å². The van der Waals surface area contributed by atoms with Gasteiger partial charge in [0, 0.05) is 13.2 Å². The predicted molar refractivity (Wildman–Crippen MR) is 40.6 cm³/mol. The molecule has 1 saturated heterocycles. The Morgan fingerprint density at radius 3 is 2.30 bits per heavy atom. The normalized spacial score (nSPS) is 38.4. The van der Waals surface area contributed by atoms with Crippen LogP contribution in [0.2, 0.25) is 0 Å². The Morgan fingerprint density at radius 1 is 1.50 bits per heavy atom. The Kier molecular flexibility index (Phi) is 1.75. The summed E-state index contributed by atoms with van der Waals surface area (Å²) in [6.07, 6.45) is 0.872. The lowest BCUT2D eigenvalue weighted by Crippen LogP contribution is -2.58. The van der Waals surface area contributed by atoms with Crippen molar-refractivity contribution in [2.24, 2.45) is 11.5 Å². The van der Waals surface area contributed by atoms with Gasteiger partial charge in [-0.1, -0.05) is 0 Å². The molecule has 3 heteroatoms. The third kappa shape index (κ3) is 0.944. The van der Waals surface area contributed by atoms with E-state index in [1.165, 1.54) is 0 Å². The molecule has 60 valence electrons. The fourth-order valence-corrected chi connectivity index (χ4v) is 1.28. The number of ether oxygens (including phenoxy) is 1. The Balaban J connectivity index is 2.76. The van der Waals surface area contributed by atoms with E-state index in [9.17, 15) is 0 Å². The van der Waals surface area contributed by atoms with Crippen LogP contribution in [-0.4, -0.2) is 24.3 Å². The van der Waals surface area contributed by atoms with E-state index in [2.05, 4.69) is 0 Å². The molecule has 0 saturated carbocycles. The largest absolute Gasteiger partial charge is 0.374 e. The summed E-state index contributed by atoms with van der Waals surface area (Å²) in [5.74, 6) is 0. The Morgan fingerprint density at radius 2 is 2.10 bits per heavy atom. The van der Waals surface area contributed by atoms with Crippen LogP contribution in [0.15, 0.2) is 0 Å². The van der Waals surface area contributed by atoms with E-state index < -0.39 is 0 Å². The van der Waals surface area contributed by atoms with E-state index in [1.54, 1.807) is 0 Å². The molecule has 0 aromatic heterocycles. The van der Waals surface area contributed by atoms with Gasteiger partial charge in [0.05, 0.1) is 11.1 Å². The molecule has 1 heterocycles. The SMILES string of the molecule is CC1(C)OCCC1(N)CN. The molecular weight excluding hydrogens is 128 g/mol. The summed E-state index contributed by atoms with van der Waals surface area (Å²) in [6, 6.07) is 0. The van der Waals surface area contributed by atoms with E-state index >= 15 is 0 Å². The van der Waals surface area contributed by atoms with Crippen LogP contribution in [0.25, 0.3) is 0 Å². The second kappa shape index (κ2) is 2.19. The second-order valence-corrected chi connectivity index (χ2v) is 3.47. The van der Waals surface area contributed by atoms with Gasteiger partial charge in [0.15, 0.2) is 0 Å². The lowest BCUT2D eigenvalue weighted by molar-refractivity contribution is 0.00284. The van der Waals surface area contributed by atoms with Crippen molar-refractivity contribution < 1.29 is 4.74 Å². The molecule has 4 N–H and O–H groups in total. The summed E-state index contributed by atoms with van der Waals surface area (Å²) >= 11 is 0. The fraction of sp³-hybridized carbons (Fsp3) is 1.00. The molecule has 1 atom stereocenters. The maximum atomic E-state index is 5.99. The van der Waals surface area contributed by atoms with Crippen molar-refractivity contribution in [3.05, 3.63) is 0 Å². The van der Waals surface area contributed by atoms with Crippen LogP contribution in [0.3, 0.4) is 0 Å². The van der Waals surface area contributed by atoms with Crippen molar-refractivity contribution in [2.75, 3.05) is 13.2 Å². The van der Waals surface area contributed by atoms with Crippen LogP contribution in [0.4, 0.5) is 0 Å². The van der Waals surface area contributed by atoms with E-state index in [0.29, 0.717) is 6.54 Å². The number of hydrogen-bond donors (Lipinski definition) is 2. The topological polar surface area (TPSA) is 61.3 Å². The van der Waals surface area contributed by atoms with Crippen molar-refractivity contribution in [3.8, 4) is 0 Å². The van der Waals surface area contributed by atoms with Gasteiger partial charge >= 0.3 is 0 Å². The zero-order chi connectivity index (χ0) is 7.83. The minimum atomic E-state index is -0.312. The van der Waals surface area contributed by atoms with Crippen molar-refractivity contribution in [3.63, 3.8) is 0 Å². The lowest BCUT2D eigenvalue weighted by Gasteiger charge is -2.35. The first-order valence-corrected chi connectivity index (χ1v) is 3.65. The van der Waals surface area contributed by atoms with Gasteiger partial charge in [0.1, 0.15) is 0 Å². The Bertz CT molecular complexity index is 136. The van der Waals surface area contributed by atoms with E-state index in [-0.39, 0.29) is 11.1 Å². The minimum absolute atomic E-state index is 0.248. The molecule has 3 nitrogen and oxygen atoms in total. The van der Waals surface area contributed by atoms with Crippen molar-refractivity contribution in [1.82, 2.24) is 0 Å². The molecular formula is C7H16N2O. The van der Waals surface area contributed by atoms with E-state index in [4.69, 9.17) is 16.2 Å². The van der Waals surface area contributed by atoms with Gasteiger partial charge in [-0.3, -0.25) is 0 Å². The van der Waals surface area contributed by atoms with E-state index in [1.807, 2.05) is 13.8 Å². The number of rotatable bonds is 1. The summed E-state index contributed by atoms with van der Waals surface area (Å²) in [4.78, 5) is 0. The van der Waals surface area contributed by atoms with Crippen molar-refractivity contribution in [2.45, 2.75) is 31.4 Å². The molecule has 0 aromatic carbocycles. The zero-order valence-electron chi connectivity index (χ0n) is 6.68. The zero-order valence-corrected chi connectivity index (χ0v) is 6.68. The first-order chi connectivity index (χ1) is 4.52.